The monoisotopic (exact) mass is 275 g/mol. The van der Waals surface area contributed by atoms with Crippen LogP contribution in [-0.4, -0.2) is 34.5 Å². The lowest BCUT2D eigenvalue weighted by Crippen LogP contribution is -2.32. The van der Waals surface area contributed by atoms with E-state index < -0.39 is 0 Å². The summed E-state index contributed by atoms with van der Waals surface area (Å²) in [4.78, 5) is 21.4. The van der Waals surface area contributed by atoms with Gasteiger partial charge in [0, 0.05) is 13.0 Å². The number of benzene rings is 1. The normalized spacial score (nSPS) is 16.6. The van der Waals surface area contributed by atoms with Crippen LogP contribution < -0.4 is 5.56 Å². The molecule has 5 heteroatoms. The molecule has 0 spiro atoms. The van der Waals surface area contributed by atoms with Gasteiger partial charge in [-0.2, -0.15) is 0 Å². The topological polar surface area (TPSA) is 49.0 Å². The van der Waals surface area contributed by atoms with E-state index in [1.807, 2.05) is 0 Å². The highest BCUT2D eigenvalue weighted by Crippen LogP contribution is 2.11. The first-order valence-corrected chi connectivity index (χ1v) is 7.13. The van der Waals surface area contributed by atoms with Crippen molar-refractivity contribution in [2.24, 2.45) is 0 Å². The molecule has 1 aromatic heterocycles. The predicted molar refractivity (Wildman–Crippen MR) is 76.3 cm³/mol. The van der Waals surface area contributed by atoms with E-state index in [1.165, 1.54) is 31.4 Å². The van der Waals surface area contributed by atoms with Crippen molar-refractivity contribution in [3.63, 3.8) is 0 Å². The minimum atomic E-state index is -0.365. The highest BCUT2D eigenvalue weighted by Gasteiger charge is 2.12. The number of aromatic nitrogens is 2. The van der Waals surface area contributed by atoms with Gasteiger partial charge in [-0.3, -0.25) is 4.79 Å². The summed E-state index contributed by atoms with van der Waals surface area (Å²) in [6, 6.07) is 4.27. The Kier molecular flexibility index (Phi) is 3.78. The molecule has 0 aliphatic carbocycles. The number of hydrogen-bond acceptors (Lipinski definition) is 3. The number of fused-ring (bicyclic) bond motifs is 1. The minimum Gasteiger partial charge on any atom is -0.319 e. The second-order valence-electron chi connectivity index (χ2n) is 5.33. The van der Waals surface area contributed by atoms with Crippen molar-refractivity contribution in [2.75, 3.05) is 19.6 Å². The van der Waals surface area contributed by atoms with Crippen LogP contribution in [0.2, 0.25) is 0 Å². The van der Waals surface area contributed by atoms with Gasteiger partial charge in [-0.25, -0.2) is 9.37 Å². The van der Waals surface area contributed by atoms with Gasteiger partial charge in [-0.1, -0.05) is 6.42 Å². The van der Waals surface area contributed by atoms with Gasteiger partial charge in [-0.05, 0) is 44.1 Å². The predicted octanol–water partition coefficient (Wildman–Crippen LogP) is 2.09. The van der Waals surface area contributed by atoms with E-state index >= 15 is 0 Å². The van der Waals surface area contributed by atoms with Crippen molar-refractivity contribution < 1.29 is 4.39 Å². The Morgan fingerprint density at radius 3 is 2.85 bits per heavy atom. The number of aromatic amines is 1. The molecule has 1 aliphatic heterocycles. The molecule has 4 nitrogen and oxygen atoms in total. The van der Waals surface area contributed by atoms with Gasteiger partial charge in [0.2, 0.25) is 0 Å². The van der Waals surface area contributed by atoms with Gasteiger partial charge in [0.1, 0.15) is 11.5 Å². The Bertz CT molecular complexity index is 662. The SMILES string of the molecule is O=c1[nH]c2cc(F)ccc2nc1CCN1CCCCC1. The summed E-state index contributed by atoms with van der Waals surface area (Å²) in [5.74, 6) is -0.365. The van der Waals surface area contributed by atoms with Crippen LogP contribution in [0.15, 0.2) is 23.0 Å². The molecule has 0 amide bonds. The maximum absolute atomic E-state index is 13.1. The van der Waals surface area contributed by atoms with Crippen LogP contribution in [0.4, 0.5) is 4.39 Å². The number of nitrogens with zero attached hydrogens (tertiary/aromatic N) is 2. The third kappa shape index (κ3) is 2.88. The third-order valence-corrected chi connectivity index (χ3v) is 3.84. The minimum absolute atomic E-state index is 0.208. The zero-order valence-corrected chi connectivity index (χ0v) is 11.4. The lowest BCUT2D eigenvalue weighted by atomic mass is 10.1. The largest absolute Gasteiger partial charge is 0.319 e. The fourth-order valence-electron chi connectivity index (χ4n) is 2.71. The molecule has 1 saturated heterocycles. The molecule has 20 heavy (non-hydrogen) atoms. The molecule has 0 saturated carbocycles. The molecule has 3 rings (SSSR count). The summed E-state index contributed by atoms with van der Waals surface area (Å²) in [6.45, 7) is 3.08. The number of rotatable bonds is 3. The fourth-order valence-corrected chi connectivity index (χ4v) is 2.71. The van der Waals surface area contributed by atoms with Crippen LogP contribution in [0.5, 0.6) is 0 Å². The van der Waals surface area contributed by atoms with Crippen molar-refractivity contribution in [2.45, 2.75) is 25.7 Å². The van der Waals surface area contributed by atoms with Crippen molar-refractivity contribution >= 4 is 11.0 Å². The van der Waals surface area contributed by atoms with Crippen molar-refractivity contribution in [1.82, 2.24) is 14.9 Å². The van der Waals surface area contributed by atoms with Crippen molar-refractivity contribution in [3.05, 3.63) is 40.1 Å². The first-order valence-electron chi connectivity index (χ1n) is 7.13. The Morgan fingerprint density at radius 1 is 1.25 bits per heavy atom. The smallest absolute Gasteiger partial charge is 0.270 e. The van der Waals surface area contributed by atoms with Crippen LogP contribution in [-0.2, 0) is 6.42 Å². The highest BCUT2D eigenvalue weighted by molar-refractivity contribution is 5.73. The maximum atomic E-state index is 13.1. The molecular formula is C15H18FN3O. The Labute approximate surface area is 116 Å². The first kappa shape index (κ1) is 13.2. The number of likely N-dealkylation sites (tertiary alicyclic amines) is 1. The van der Waals surface area contributed by atoms with E-state index in [9.17, 15) is 9.18 Å². The van der Waals surface area contributed by atoms with Gasteiger partial charge >= 0.3 is 0 Å². The standard InChI is InChI=1S/C15H18FN3O/c16-11-4-5-12-14(10-11)18-15(20)13(17-12)6-9-19-7-2-1-3-8-19/h4-5,10H,1-3,6-9H2,(H,18,20). The Morgan fingerprint density at radius 2 is 2.05 bits per heavy atom. The third-order valence-electron chi connectivity index (χ3n) is 3.84. The molecule has 1 aromatic carbocycles. The Hall–Kier alpha value is -1.75. The van der Waals surface area contributed by atoms with Gasteiger partial charge in [0.25, 0.3) is 5.56 Å². The quantitative estimate of drug-likeness (QED) is 0.933. The molecule has 1 N–H and O–H groups in total. The van der Waals surface area contributed by atoms with Crippen LogP contribution in [0.1, 0.15) is 25.0 Å². The first-order chi connectivity index (χ1) is 9.72. The van der Waals surface area contributed by atoms with E-state index in [1.54, 1.807) is 6.07 Å². The van der Waals surface area contributed by atoms with Gasteiger partial charge in [-0.15, -0.1) is 0 Å². The molecule has 0 bridgehead atoms. The van der Waals surface area contributed by atoms with Gasteiger partial charge in [0.05, 0.1) is 11.0 Å². The second kappa shape index (κ2) is 5.71. The van der Waals surface area contributed by atoms with Crippen molar-refractivity contribution in [3.8, 4) is 0 Å². The molecule has 0 atom stereocenters. The summed E-state index contributed by atoms with van der Waals surface area (Å²) in [5, 5.41) is 0. The molecule has 0 unspecified atom stereocenters. The van der Waals surface area contributed by atoms with E-state index in [0.29, 0.717) is 23.1 Å². The summed E-state index contributed by atoms with van der Waals surface area (Å²) in [7, 11) is 0. The summed E-state index contributed by atoms with van der Waals surface area (Å²) < 4.78 is 13.1. The molecular weight excluding hydrogens is 257 g/mol. The summed E-state index contributed by atoms with van der Waals surface area (Å²) >= 11 is 0. The number of hydrogen-bond donors (Lipinski definition) is 1. The lowest BCUT2D eigenvalue weighted by molar-refractivity contribution is 0.230. The molecule has 1 fully saturated rings. The van der Waals surface area contributed by atoms with Gasteiger partial charge < -0.3 is 9.88 Å². The second-order valence-corrected chi connectivity index (χ2v) is 5.33. The summed E-state index contributed by atoms with van der Waals surface area (Å²) in [6.07, 6.45) is 4.42. The molecule has 2 heterocycles. The zero-order valence-electron chi connectivity index (χ0n) is 11.4. The van der Waals surface area contributed by atoms with Crippen LogP contribution in [0.3, 0.4) is 0 Å². The van der Waals surface area contributed by atoms with E-state index in [-0.39, 0.29) is 11.4 Å². The Balaban J connectivity index is 1.78. The van der Waals surface area contributed by atoms with Crippen molar-refractivity contribution in [1.29, 1.82) is 0 Å². The van der Waals surface area contributed by atoms with E-state index in [4.69, 9.17) is 0 Å². The average molecular weight is 275 g/mol. The fraction of sp³-hybridized carbons (Fsp3) is 0.467. The number of halogens is 1. The van der Waals surface area contributed by atoms with Crippen LogP contribution >= 0.6 is 0 Å². The molecule has 106 valence electrons. The maximum Gasteiger partial charge on any atom is 0.270 e. The lowest BCUT2D eigenvalue weighted by Gasteiger charge is -2.25. The molecule has 2 aromatic rings. The molecule has 0 radical (unpaired) electrons. The number of piperidine rings is 1. The summed E-state index contributed by atoms with van der Waals surface area (Å²) in [5.41, 5.74) is 1.42. The number of nitrogens with one attached hydrogen (secondary N) is 1. The van der Waals surface area contributed by atoms with Crippen LogP contribution in [0.25, 0.3) is 11.0 Å². The van der Waals surface area contributed by atoms with Crippen LogP contribution in [0, 0.1) is 5.82 Å². The van der Waals surface area contributed by atoms with Gasteiger partial charge in [0.15, 0.2) is 0 Å². The number of H-pyrrole nitrogens is 1. The zero-order chi connectivity index (χ0) is 13.9. The average Bonchev–Trinajstić information content (AvgIpc) is 2.46. The highest BCUT2D eigenvalue weighted by atomic mass is 19.1. The van der Waals surface area contributed by atoms with E-state index in [0.717, 1.165) is 19.6 Å². The molecule has 1 aliphatic rings. The van der Waals surface area contributed by atoms with E-state index in [2.05, 4.69) is 14.9 Å².